The van der Waals surface area contributed by atoms with Crippen LogP contribution in [0.4, 0.5) is 5.69 Å². The van der Waals surface area contributed by atoms with Crippen molar-refractivity contribution in [2.24, 2.45) is 0 Å². The fourth-order valence-corrected chi connectivity index (χ4v) is 1.68. The number of nitrogens with one attached hydrogen (secondary N) is 2. The molecule has 0 saturated carbocycles. The predicted octanol–water partition coefficient (Wildman–Crippen LogP) is 1.56. The van der Waals surface area contributed by atoms with Crippen LogP contribution in [0.1, 0.15) is 0 Å². The van der Waals surface area contributed by atoms with Gasteiger partial charge in [-0.1, -0.05) is 17.5 Å². The molecule has 0 bridgehead atoms. The third kappa shape index (κ3) is 3.29. The Morgan fingerprint density at radius 2 is 2.50 bits per heavy atom. The summed E-state index contributed by atoms with van der Waals surface area (Å²) >= 11 is 7.23. The number of thiophene rings is 1. The molecular formula is C9H9ClN2OS. The van der Waals surface area contributed by atoms with Gasteiger partial charge >= 0.3 is 0 Å². The topological polar surface area (TPSA) is 41.1 Å². The van der Waals surface area contributed by atoms with Gasteiger partial charge in [-0.2, -0.15) is 0 Å². The fourth-order valence-electron chi connectivity index (χ4n) is 0.807. The molecule has 0 unspecified atom stereocenters. The number of carbonyl (C=O) groups is 1. The van der Waals surface area contributed by atoms with Crippen molar-refractivity contribution >= 4 is 34.5 Å². The molecule has 1 heterocycles. The number of halogens is 1. The molecule has 0 aliphatic rings. The summed E-state index contributed by atoms with van der Waals surface area (Å²) in [7, 11) is 0. The van der Waals surface area contributed by atoms with Crippen LogP contribution < -0.4 is 10.6 Å². The first-order valence-corrected chi connectivity index (χ1v) is 5.17. The van der Waals surface area contributed by atoms with Crippen molar-refractivity contribution in [3.05, 3.63) is 15.8 Å². The summed E-state index contributed by atoms with van der Waals surface area (Å²) in [5.74, 6) is 2.17. The molecule has 2 N–H and O–H groups in total. The second-order valence-electron chi connectivity index (χ2n) is 2.44. The highest BCUT2D eigenvalue weighted by Crippen LogP contribution is 2.27. The Labute approximate surface area is 91.5 Å². The van der Waals surface area contributed by atoms with Gasteiger partial charge in [0.15, 0.2) is 0 Å². The van der Waals surface area contributed by atoms with E-state index >= 15 is 0 Å². The summed E-state index contributed by atoms with van der Waals surface area (Å²) in [5, 5.41) is 7.29. The van der Waals surface area contributed by atoms with E-state index in [-0.39, 0.29) is 19.0 Å². The van der Waals surface area contributed by atoms with Crippen LogP contribution in [0.15, 0.2) is 11.4 Å². The fraction of sp³-hybridized carbons (Fsp3) is 0.222. The molecule has 1 amide bonds. The number of carbonyl (C=O) groups excluding carboxylic acids is 1. The summed E-state index contributed by atoms with van der Waals surface area (Å²) in [6.07, 6.45) is 4.99. The Bertz CT molecular complexity index is 356. The van der Waals surface area contributed by atoms with E-state index in [1.54, 1.807) is 0 Å². The van der Waals surface area contributed by atoms with Gasteiger partial charge in [-0.25, -0.2) is 0 Å². The molecule has 1 rings (SSSR count). The molecule has 0 aromatic carbocycles. The first-order chi connectivity index (χ1) is 6.74. The van der Waals surface area contributed by atoms with E-state index in [1.807, 2.05) is 11.4 Å². The monoisotopic (exact) mass is 228 g/mol. The average molecular weight is 229 g/mol. The third-order valence-corrected chi connectivity index (χ3v) is 2.61. The van der Waals surface area contributed by atoms with Crippen molar-refractivity contribution in [3.63, 3.8) is 0 Å². The lowest BCUT2D eigenvalue weighted by Crippen LogP contribution is -2.29. The minimum absolute atomic E-state index is 0.148. The first kappa shape index (κ1) is 10.9. The number of anilines is 1. The summed E-state index contributed by atoms with van der Waals surface area (Å²) in [6, 6.07) is 1.82. The summed E-state index contributed by atoms with van der Waals surface area (Å²) in [5.41, 5.74) is 0.771. The quantitative estimate of drug-likeness (QED) is 0.768. The second-order valence-corrected chi connectivity index (χ2v) is 3.96. The molecule has 0 atom stereocenters. The summed E-state index contributed by atoms with van der Waals surface area (Å²) in [6.45, 7) is 0.427. The minimum atomic E-state index is -0.148. The van der Waals surface area contributed by atoms with Gasteiger partial charge in [0, 0.05) is 0 Å². The van der Waals surface area contributed by atoms with E-state index in [2.05, 4.69) is 16.6 Å². The lowest BCUT2D eigenvalue weighted by atomic mass is 10.5. The van der Waals surface area contributed by atoms with Crippen LogP contribution in [0.5, 0.6) is 0 Å². The van der Waals surface area contributed by atoms with Crippen molar-refractivity contribution in [3.8, 4) is 12.3 Å². The van der Waals surface area contributed by atoms with Gasteiger partial charge in [0.2, 0.25) is 5.91 Å². The zero-order valence-corrected chi connectivity index (χ0v) is 8.91. The Hall–Kier alpha value is -1.18. The average Bonchev–Trinajstić information content (AvgIpc) is 2.58. The molecule has 0 aliphatic carbocycles. The van der Waals surface area contributed by atoms with Crippen molar-refractivity contribution in [2.75, 3.05) is 18.4 Å². The lowest BCUT2D eigenvalue weighted by Gasteiger charge is -2.03. The van der Waals surface area contributed by atoms with Crippen LogP contribution in [0, 0.1) is 12.3 Å². The van der Waals surface area contributed by atoms with Gasteiger partial charge in [-0.3, -0.25) is 4.79 Å². The molecule has 5 heteroatoms. The van der Waals surface area contributed by atoms with Crippen LogP contribution in [-0.2, 0) is 4.79 Å². The Balaban J connectivity index is 2.31. The van der Waals surface area contributed by atoms with Crippen LogP contribution in [0.2, 0.25) is 4.34 Å². The second kappa shape index (κ2) is 5.53. The zero-order valence-electron chi connectivity index (χ0n) is 7.34. The van der Waals surface area contributed by atoms with Crippen molar-refractivity contribution < 1.29 is 4.79 Å². The highest BCUT2D eigenvalue weighted by molar-refractivity contribution is 7.15. The molecule has 3 nitrogen and oxygen atoms in total. The Morgan fingerprint density at radius 1 is 1.71 bits per heavy atom. The predicted molar refractivity (Wildman–Crippen MR) is 59.7 cm³/mol. The number of terminal acetylenes is 1. The number of hydrogen-bond acceptors (Lipinski definition) is 3. The van der Waals surface area contributed by atoms with Gasteiger partial charge in [0.25, 0.3) is 0 Å². The summed E-state index contributed by atoms with van der Waals surface area (Å²) in [4.78, 5) is 11.1. The van der Waals surface area contributed by atoms with Gasteiger partial charge in [0.1, 0.15) is 4.34 Å². The van der Waals surface area contributed by atoms with Crippen LogP contribution >= 0.6 is 22.9 Å². The molecular weight excluding hydrogens is 220 g/mol. The van der Waals surface area contributed by atoms with Gasteiger partial charge in [0.05, 0.1) is 18.8 Å². The SMILES string of the molecule is C#CCNC(=O)CNc1ccsc1Cl. The standard InChI is InChI=1S/C9H9ClN2OS/c1-2-4-11-8(13)6-12-7-3-5-14-9(7)10/h1,3,5,12H,4,6H2,(H,11,13). The largest absolute Gasteiger partial charge is 0.374 e. The third-order valence-electron chi connectivity index (χ3n) is 1.44. The smallest absolute Gasteiger partial charge is 0.240 e. The normalized spacial score (nSPS) is 9.14. The maximum absolute atomic E-state index is 11.1. The molecule has 0 aliphatic heterocycles. The molecule has 1 aromatic rings. The Kier molecular flexibility index (Phi) is 4.30. The van der Waals surface area contributed by atoms with Crippen molar-refractivity contribution in [1.29, 1.82) is 0 Å². The number of rotatable bonds is 4. The van der Waals surface area contributed by atoms with E-state index in [1.165, 1.54) is 11.3 Å². The molecule has 0 fully saturated rings. The van der Waals surface area contributed by atoms with E-state index in [0.717, 1.165) is 5.69 Å². The van der Waals surface area contributed by atoms with E-state index in [0.29, 0.717) is 4.34 Å². The molecule has 1 aromatic heterocycles. The van der Waals surface area contributed by atoms with Crippen molar-refractivity contribution in [2.45, 2.75) is 0 Å². The first-order valence-electron chi connectivity index (χ1n) is 3.91. The molecule has 0 radical (unpaired) electrons. The number of amides is 1. The molecule has 74 valence electrons. The number of hydrogen-bond donors (Lipinski definition) is 2. The Morgan fingerprint density at radius 3 is 3.07 bits per heavy atom. The lowest BCUT2D eigenvalue weighted by molar-refractivity contribution is -0.119. The minimum Gasteiger partial charge on any atom is -0.374 e. The van der Waals surface area contributed by atoms with E-state index in [4.69, 9.17) is 18.0 Å². The van der Waals surface area contributed by atoms with Crippen LogP contribution in [0.25, 0.3) is 0 Å². The molecule has 0 saturated heterocycles. The zero-order chi connectivity index (χ0) is 10.4. The highest BCUT2D eigenvalue weighted by Gasteiger charge is 2.03. The van der Waals surface area contributed by atoms with Crippen LogP contribution in [0.3, 0.4) is 0 Å². The molecule has 0 spiro atoms. The molecule has 14 heavy (non-hydrogen) atoms. The van der Waals surface area contributed by atoms with Crippen molar-refractivity contribution in [1.82, 2.24) is 5.32 Å². The van der Waals surface area contributed by atoms with Gasteiger partial charge in [-0.15, -0.1) is 17.8 Å². The van der Waals surface area contributed by atoms with Crippen LogP contribution in [-0.4, -0.2) is 19.0 Å². The van der Waals surface area contributed by atoms with E-state index < -0.39 is 0 Å². The summed E-state index contributed by atoms with van der Waals surface area (Å²) < 4.78 is 0.648. The van der Waals surface area contributed by atoms with Gasteiger partial charge in [-0.05, 0) is 11.4 Å². The maximum Gasteiger partial charge on any atom is 0.240 e. The maximum atomic E-state index is 11.1. The van der Waals surface area contributed by atoms with Gasteiger partial charge < -0.3 is 10.6 Å². The van der Waals surface area contributed by atoms with E-state index in [9.17, 15) is 4.79 Å². The highest BCUT2D eigenvalue weighted by atomic mass is 35.5.